The number of rotatable bonds is 5. The summed E-state index contributed by atoms with van der Waals surface area (Å²) in [6.07, 6.45) is 3.90. The number of halogens is 3. The molecule has 0 fully saturated rings. The largest absolute Gasteiger partial charge is 0.414 e. The maximum Gasteiger partial charge on any atom is 0.414 e. The molecule has 3 aliphatic rings. The molecule has 1 aliphatic heterocycles. The zero-order chi connectivity index (χ0) is 21.9. The first-order valence-electron chi connectivity index (χ1n) is 9.33. The van der Waals surface area contributed by atoms with Crippen LogP contribution in [0.2, 0.25) is 0 Å². The number of nitrogens with one attached hydrogen (secondary N) is 3. The van der Waals surface area contributed by atoms with Gasteiger partial charge < -0.3 is 21.7 Å². The van der Waals surface area contributed by atoms with Gasteiger partial charge in [0.2, 0.25) is 0 Å². The lowest BCUT2D eigenvalue weighted by Gasteiger charge is -2.34. The molecule has 5 N–H and O–H groups in total. The molecule has 0 aromatic carbocycles. The van der Waals surface area contributed by atoms with Crippen molar-refractivity contribution in [2.24, 2.45) is 10.9 Å². The summed E-state index contributed by atoms with van der Waals surface area (Å²) in [7, 11) is 0. The number of hydrogen-bond donors (Lipinski definition) is 4. The van der Waals surface area contributed by atoms with E-state index < -0.39 is 24.0 Å². The highest BCUT2D eigenvalue weighted by atomic mass is 19.4. The zero-order valence-electron chi connectivity index (χ0n) is 16.2. The Morgan fingerprint density at radius 2 is 2.17 bits per heavy atom. The third kappa shape index (κ3) is 4.46. The average Bonchev–Trinajstić information content (AvgIpc) is 2.71. The highest BCUT2D eigenvalue weighted by Gasteiger charge is 2.41. The first-order chi connectivity index (χ1) is 14.2. The molecule has 2 unspecified atom stereocenters. The van der Waals surface area contributed by atoms with E-state index in [1.54, 1.807) is 6.92 Å². The Morgan fingerprint density at radius 1 is 1.40 bits per heavy atom. The topological polar surface area (TPSA) is 115 Å². The van der Waals surface area contributed by atoms with Gasteiger partial charge in [-0.15, -0.1) is 4.91 Å². The van der Waals surface area contributed by atoms with Crippen molar-refractivity contribution in [2.75, 3.05) is 0 Å². The highest BCUT2D eigenvalue weighted by molar-refractivity contribution is 5.51. The lowest BCUT2D eigenvalue weighted by atomic mass is 9.94. The molecule has 158 valence electrons. The van der Waals surface area contributed by atoms with Crippen LogP contribution in [-0.2, 0) is 0 Å². The molecule has 30 heavy (non-hydrogen) atoms. The van der Waals surface area contributed by atoms with Crippen molar-refractivity contribution in [1.29, 1.82) is 5.26 Å². The minimum atomic E-state index is -4.65. The van der Waals surface area contributed by atoms with Crippen molar-refractivity contribution in [2.45, 2.75) is 44.6 Å². The normalized spacial score (nSPS) is 24.3. The Kier molecular flexibility index (Phi) is 6.12. The van der Waals surface area contributed by atoms with Gasteiger partial charge in [-0.3, -0.25) is 0 Å². The summed E-state index contributed by atoms with van der Waals surface area (Å²) in [6.45, 7) is 1.63. The Balaban J connectivity index is 1.91. The highest BCUT2D eigenvalue weighted by Crippen LogP contribution is 2.35. The smallest absolute Gasteiger partial charge is 0.378 e. The van der Waals surface area contributed by atoms with Gasteiger partial charge in [-0.1, -0.05) is 18.2 Å². The molecule has 7 nitrogen and oxygen atoms in total. The van der Waals surface area contributed by atoms with Gasteiger partial charge >= 0.3 is 6.18 Å². The van der Waals surface area contributed by atoms with E-state index in [0.717, 1.165) is 24.6 Å². The number of alkyl halides is 3. The van der Waals surface area contributed by atoms with Crippen LogP contribution >= 0.6 is 0 Å². The number of dihydropyridines is 1. The first-order valence-corrected chi connectivity index (χ1v) is 9.33. The summed E-state index contributed by atoms with van der Waals surface area (Å²) in [5.41, 5.74) is 6.88. The van der Waals surface area contributed by atoms with Crippen molar-refractivity contribution in [1.82, 2.24) is 16.0 Å². The van der Waals surface area contributed by atoms with E-state index in [2.05, 4.69) is 27.2 Å². The first kappa shape index (κ1) is 21.4. The van der Waals surface area contributed by atoms with Crippen LogP contribution in [0.5, 0.6) is 0 Å². The minimum absolute atomic E-state index is 0.0914. The summed E-state index contributed by atoms with van der Waals surface area (Å²) < 4.78 is 40.5. The van der Waals surface area contributed by atoms with E-state index >= 15 is 0 Å². The Bertz CT molecular complexity index is 962. The molecule has 0 aromatic heterocycles. The van der Waals surface area contributed by atoms with Gasteiger partial charge in [-0.05, 0) is 49.1 Å². The third-order valence-electron chi connectivity index (χ3n) is 5.06. The van der Waals surface area contributed by atoms with E-state index in [1.165, 1.54) is 6.08 Å². The third-order valence-corrected chi connectivity index (χ3v) is 5.06. The second-order valence-electron chi connectivity index (χ2n) is 7.06. The Morgan fingerprint density at radius 3 is 2.77 bits per heavy atom. The number of nitrogens with zero attached hydrogens (tertiary/aromatic N) is 2. The molecule has 1 heterocycles. The molecule has 0 bridgehead atoms. The summed E-state index contributed by atoms with van der Waals surface area (Å²) in [5.74, 6) is 0.414. The van der Waals surface area contributed by atoms with Crippen LogP contribution < -0.4 is 21.7 Å². The average molecular weight is 418 g/mol. The number of nitroso groups, excluding NO2 is 1. The lowest BCUT2D eigenvalue weighted by Crippen LogP contribution is -2.52. The van der Waals surface area contributed by atoms with Crippen LogP contribution in [0.15, 0.2) is 75.2 Å². The fourth-order valence-corrected chi connectivity index (χ4v) is 3.51. The molecule has 0 spiro atoms. The number of hydrogen-bond acceptors (Lipinski definition) is 7. The second kappa shape index (κ2) is 8.59. The summed E-state index contributed by atoms with van der Waals surface area (Å²) in [4.78, 5) is 10.7. The molecule has 0 aromatic rings. The van der Waals surface area contributed by atoms with E-state index in [9.17, 15) is 23.3 Å². The van der Waals surface area contributed by atoms with Crippen molar-refractivity contribution < 1.29 is 13.2 Å². The van der Waals surface area contributed by atoms with E-state index in [4.69, 9.17) is 5.73 Å². The molecule has 0 saturated heterocycles. The minimum Gasteiger partial charge on any atom is -0.378 e. The van der Waals surface area contributed by atoms with E-state index in [-0.39, 0.29) is 23.4 Å². The van der Waals surface area contributed by atoms with Gasteiger partial charge in [0.15, 0.2) is 0 Å². The van der Waals surface area contributed by atoms with Gasteiger partial charge in [-0.25, -0.2) is 0 Å². The molecular weight excluding hydrogens is 397 g/mol. The fourth-order valence-electron chi connectivity index (χ4n) is 3.51. The van der Waals surface area contributed by atoms with Crippen LogP contribution in [0.4, 0.5) is 13.2 Å². The monoisotopic (exact) mass is 418 g/mol. The molecule has 10 heteroatoms. The Hall–Kier alpha value is -3.32. The molecule has 0 radical (unpaired) electrons. The molecule has 3 rings (SSSR count). The predicted molar refractivity (Wildman–Crippen MR) is 106 cm³/mol. The summed E-state index contributed by atoms with van der Waals surface area (Å²) in [6, 6.07) is 0.931. The molecule has 0 saturated carbocycles. The van der Waals surface area contributed by atoms with Crippen LogP contribution in [0.25, 0.3) is 0 Å². The SMILES string of the molecule is CC1=C(NC2CC=C(N=O)C=C2C(F)(F)F)C(N)NC(NC2=CC=CCC2)=C1C#N. The Labute approximate surface area is 171 Å². The molecule has 0 amide bonds. The zero-order valence-corrected chi connectivity index (χ0v) is 16.2. The number of nitrogens with two attached hydrogens (primary N) is 1. The van der Waals surface area contributed by atoms with E-state index in [1.807, 2.05) is 18.2 Å². The summed E-state index contributed by atoms with van der Waals surface area (Å²) in [5, 5.41) is 21.2. The van der Waals surface area contributed by atoms with Crippen molar-refractivity contribution in [3.05, 3.63) is 74.9 Å². The van der Waals surface area contributed by atoms with Crippen molar-refractivity contribution >= 4 is 0 Å². The maximum atomic E-state index is 13.5. The van der Waals surface area contributed by atoms with Gasteiger partial charge in [0.25, 0.3) is 0 Å². The van der Waals surface area contributed by atoms with Gasteiger partial charge in [-0.2, -0.15) is 18.4 Å². The van der Waals surface area contributed by atoms with Gasteiger partial charge in [0, 0.05) is 5.70 Å². The second-order valence-corrected chi connectivity index (χ2v) is 7.06. The number of nitriles is 1. The quantitative estimate of drug-likeness (QED) is 0.510. The van der Waals surface area contributed by atoms with E-state index in [0.29, 0.717) is 11.4 Å². The summed E-state index contributed by atoms with van der Waals surface area (Å²) >= 11 is 0. The fraction of sp³-hybridized carbons (Fsp3) is 0.350. The number of allylic oxidation sites excluding steroid dienone is 7. The van der Waals surface area contributed by atoms with Crippen molar-refractivity contribution in [3.63, 3.8) is 0 Å². The van der Waals surface area contributed by atoms with Crippen molar-refractivity contribution in [3.8, 4) is 6.07 Å². The van der Waals surface area contributed by atoms with Crippen LogP contribution in [-0.4, -0.2) is 18.4 Å². The van der Waals surface area contributed by atoms with Gasteiger partial charge in [0.1, 0.15) is 23.8 Å². The van der Waals surface area contributed by atoms with Crippen LogP contribution in [0, 0.1) is 16.2 Å². The standard InChI is InChI=1S/C20H21F3N6O/c1-11-14(10-24)19(26-12-5-3-2-4-6-12)28-18(25)17(11)27-16-8-7-13(29-30)9-15(16)20(21,22)23/h2-3,5,7,9,16,18,26-28H,4,6,8,25H2,1H3. The van der Waals surface area contributed by atoms with Crippen LogP contribution in [0.3, 0.4) is 0 Å². The molecule has 2 aliphatic carbocycles. The van der Waals surface area contributed by atoms with Gasteiger partial charge in [0.05, 0.1) is 22.9 Å². The molecule has 2 atom stereocenters. The predicted octanol–water partition coefficient (Wildman–Crippen LogP) is 3.21. The lowest BCUT2D eigenvalue weighted by molar-refractivity contribution is -0.0966. The molecular formula is C20H21F3N6O. The maximum absolute atomic E-state index is 13.5. The van der Waals surface area contributed by atoms with Crippen LogP contribution in [0.1, 0.15) is 26.2 Å².